The quantitative estimate of drug-likeness (QED) is 0.357. The summed E-state index contributed by atoms with van der Waals surface area (Å²) >= 11 is 7.80. The minimum Gasteiger partial charge on any atom is -0.427 e. The zero-order chi connectivity index (χ0) is 17.8. The van der Waals surface area contributed by atoms with Crippen LogP contribution in [-0.2, 0) is 9.59 Å². The molecule has 2 aromatic rings. The van der Waals surface area contributed by atoms with E-state index in [1.807, 2.05) is 30.3 Å². The molecular formula is C18H17ClN2O3S. The average Bonchev–Trinajstić information content (AvgIpc) is 2.57. The van der Waals surface area contributed by atoms with Crippen LogP contribution in [0.1, 0.15) is 13.3 Å². The number of nitrogens with one attached hydrogen (secondary N) is 1. The van der Waals surface area contributed by atoms with E-state index in [4.69, 9.17) is 16.3 Å². The highest BCUT2D eigenvalue weighted by molar-refractivity contribution is 7.99. The van der Waals surface area contributed by atoms with Gasteiger partial charge in [0, 0.05) is 34.8 Å². The highest BCUT2D eigenvalue weighted by Gasteiger charge is 2.24. The van der Waals surface area contributed by atoms with Crippen LogP contribution in [0.5, 0.6) is 5.75 Å². The van der Waals surface area contributed by atoms with Gasteiger partial charge in [-0.05, 0) is 42.8 Å². The summed E-state index contributed by atoms with van der Waals surface area (Å²) in [7, 11) is 0. The van der Waals surface area contributed by atoms with Gasteiger partial charge >= 0.3 is 5.97 Å². The number of fused-ring (bicyclic) bond motifs is 2. The molecular weight excluding hydrogens is 360 g/mol. The smallest absolute Gasteiger partial charge is 0.308 e. The molecule has 0 aliphatic carbocycles. The number of halogens is 1. The van der Waals surface area contributed by atoms with E-state index in [-0.39, 0.29) is 5.97 Å². The number of carbonyl (C=O) groups excluding carboxylic acids is 2. The van der Waals surface area contributed by atoms with Gasteiger partial charge in [0.05, 0.1) is 11.4 Å². The van der Waals surface area contributed by atoms with Gasteiger partial charge in [-0.1, -0.05) is 23.4 Å². The first-order valence-corrected chi connectivity index (χ1v) is 9.02. The Morgan fingerprint density at radius 2 is 2.08 bits per heavy atom. The molecule has 130 valence electrons. The standard InChI is InChI=1S/C18H17ClN2O3S/c1-12(23)24-14-4-5-15-18(10-14)25-17-6-3-13(19)9-16(17)21(15)8-2-7-20-11-22/h3-6,9-11H,2,7-8H2,1H3,(H,20,22). The molecule has 0 unspecified atom stereocenters. The molecule has 0 aromatic heterocycles. The van der Waals surface area contributed by atoms with Gasteiger partial charge in [-0.15, -0.1) is 0 Å². The van der Waals surface area contributed by atoms with Crippen molar-refractivity contribution in [2.75, 3.05) is 18.0 Å². The first-order chi connectivity index (χ1) is 12.1. The summed E-state index contributed by atoms with van der Waals surface area (Å²) in [5.74, 6) is 0.184. The van der Waals surface area contributed by atoms with E-state index in [0.29, 0.717) is 23.7 Å². The number of carbonyl (C=O) groups is 2. The molecule has 0 saturated heterocycles. The van der Waals surface area contributed by atoms with E-state index in [1.165, 1.54) is 6.92 Å². The molecule has 0 atom stereocenters. The first-order valence-electron chi connectivity index (χ1n) is 7.83. The molecule has 1 aliphatic rings. The van der Waals surface area contributed by atoms with Crippen molar-refractivity contribution in [2.24, 2.45) is 0 Å². The van der Waals surface area contributed by atoms with Crippen LogP contribution in [0.25, 0.3) is 0 Å². The number of ether oxygens (including phenoxy) is 1. The lowest BCUT2D eigenvalue weighted by molar-refractivity contribution is -0.131. The zero-order valence-electron chi connectivity index (χ0n) is 13.6. The van der Waals surface area contributed by atoms with E-state index in [2.05, 4.69) is 10.2 Å². The Morgan fingerprint density at radius 1 is 1.24 bits per heavy atom. The Bertz CT molecular complexity index is 813. The molecule has 0 bridgehead atoms. The fourth-order valence-electron chi connectivity index (χ4n) is 2.70. The van der Waals surface area contributed by atoms with Crippen LogP contribution in [0.3, 0.4) is 0 Å². The monoisotopic (exact) mass is 376 g/mol. The van der Waals surface area contributed by atoms with Crippen molar-refractivity contribution in [3.05, 3.63) is 41.4 Å². The molecule has 0 spiro atoms. The average molecular weight is 377 g/mol. The van der Waals surface area contributed by atoms with Crippen LogP contribution in [0.2, 0.25) is 5.02 Å². The number of benzene rings is 2. The Morgan fingerprint density at radius 3 is 2.84 bits per heavy atom. The Balaban J connectivity index is 1.94. The van der Waals surface area contributed by atoms with Crippen LogP contribution < -0.4 is 15.0 Å². The van der Waals surface area contributed by atoms with Gasteiger partial charge in [0.1, 0.15) is 5.75 Å². The van der Waals surface area contributed by atoms with Crippen molar-refractivity contribution in [1.82, 2.24) is 5.32 Å². The lowest BCUT2D eigenvalue weighted by Crippen LogP contribution is -2.25. The van der Waals surface area contributed by atoms with E-state index in [1.54, 1.807) is 17.8 Å². The number of hydrogen-bond acceptors (Lipinski definition) is 5. The largest absolute Gasteiger partial charge is 0.427 e. The Kier molecular flexibility index (Phi) is 5.50. The van der Waals surface area contributed by atoms with Crippen molar-refractivity contribution in [1.29, 1.82) is 0 Å². The van der Waals surface area contributed by atoms with Crippen molar-refractivity contribution in [3.8, 4) is 5.75 Å². The van der Waals surface area contributed by atoms with Crippen LogP contribution >= 0.6 is 23.4 Å². The summed E-state index contributed by atoms with van der Waals surface area (Å²) in [5, 5.41) is 3.36. The lowest BCUT2D eigenvalue weighted by atomic mass is 10.2. The van der Waals surface area contributed by atoms with E-state index in [0.717, 1.165) is 34.1 Å². The van der Waals surface area contributed by atoms with Crippen molar-refractivity contribution in [3.63, 3.8) is 0 Å². The molecule has 0 radical (unpaired) electrons. The topological polar surface area (TPSA) is 58.6 Å². The zero-order valence-corrected chi connectivity index (χ0v) is 15.2. The van der Waals surface area contributed by atoms with Gasteiger partial charge in [-0.3, -0.25) is 9.59 Å². The summed E-state index contributed by atoms with van der Waals surface area (Å²) in [6.07, 6.45) is 1.50. The molecule has 7 heteroatoms. The SMILES string of the molecule is CC(=O)Oc1ccc2c(c1)Sc1ccc(Cl)cc1N2CCCNC=O. The van der Waals surface area contributed by atoms with Gasteiger partial charge in [0.15, 0.2) is 0 Å². The second kappa shape index (κ2) is 7.80. The van der Waals surface area contributed by atoms with Crippen molar-refractivity contribution < 1.29 is 14.3 Å². The van der Waals surface area contributed by atoms with Gasteiger partial charge in [0.2, 0.25) is 6.41 Å². The lowest BCUT2D eigenvalue weighted by Gasteiger charge is -2.33. The van der Waals surface area contributed by atoms with E-state index >= 15 is 0 Å². The minimum absolute atomic E-state index is 0.343. The number of amides is 1. The molecule has 3 rings (SSSR count). The van der Waals surface area contributed by atoms with Crippen molar-refractivity contribution >= 4 is 47.1 Å². The van der Waals surface area contributed by atoms with Gasteiger partial charge in [-0.2, -0.15) is 0 Å². The molecule has 1 N–H and O–H groups in total. The van der Waals surface area contributed by atoms with Crippen molar-refractivity contribution in [2.45, 2.75) is 23.1 Å². The summed E-state index contributed by atoms with van der Waals surface area (Å²) in [6, 6.07) is 11.4. The van der Waals surface area contributed by atoms with Gasteiger partial charge < -0.3 is 15.0 Å². The summed E-state index contributed by atoms with van der Waals surface area (Å²) in [4.78, 5) is 25.9. The fourth-order valence-corrected chi connectivity index (χ4v) is 3.97. The normalized spacial score (nSPS) is 12.2. The van der Waals surface area contributed by atoms with Gasteiger partial charge in [0.25, 0.3) is 0 Å². The molecule has 5 nitrogen and oxygen atoms in total. The third-order valence-electron chi connectivity index (χ3n) is 3.70. The number of anilines is 2. The molecule has 2 aromatic carbocycles. The highest BCUT2D eigenvalue weighted by Crippen LogP contribution is 2.49. The summed E-state index contributed by atoms with van der Waals surface area (Å²) < 4.78 is 5.19. The number of rotatable bonds is 6. The maximum absolute atomic E-state index is 11.2. The molecule has 1 heterocycles. The maximum Gasteiger partial charge on any atom is 0.308 e. The Labute approximate surface area is 155 Å². The molecule has 1 aliphatic heterocycles. The van der Waals surface area contributed by atoms with E-state index < -0.39 is 0 Å². The molecule has 0 saturated carbocycles. The highest BCUT2D eigenvalue weighted by atomic mass is 35.5. The second-order valence-corrected chi connectivity index (χ2v) is 7.03. The summed E-state index contributed by atoms with van der Waals surface area (Å²) in [5.41, 5.74) is 2.07. The number of nitrogens with zero attached hydrogens (tertiary/aromatic N) is 1. The molecule has 25 heavy (non-hydrogen) atoms. The third kappa shape index (κ3) is 4.08. The fraction of sp³-hybridized carbons (Fsp3) is 0.222. The second-order valence-electron chi connectivity index (χ2n) is 5.51. The third-order valence-corrected chi connectivity index (χ3v) is 5.05. The molecule has 0 fully saturated rings. The first kappa shape index (κ1) is 17.6. The predicted octanol–water partition coefficient (Wildman–Crippen LogP) is 4.00. The predicted molar refractivity (Wildman–Crippen MR) is 99.0 cm³/mol. The molecule has 1 amide bonds. The Hall–Kier alpha value is -2.18. The minimum atomic E-state index is -0.343. The van der Waals surface area contributed by atoms with Crippen LogP contribution in [0, 0.1) is 0 Å². The number of esters is 1. The summed E-state index contributed by atoms with van der Waals surface area (Å²) in [6.45, 7) is 2.72. The van der Waals surface area contributed by atoms with Crippen LogP contribution in [-0.4, -0.2) is 25.5 Å². The number of hydrogen-bond donors (Lipinski definition) is 1. The van der Waals surface area contributed by atoms with Crippen LogP contribution in [0.15, 0.2) is 46.2 Å². The van der Waals surface area contributed by atoms with E-state index in [9.17, 15) is 9.59 Å². The van der Waals surface area contributed by atoms with Crippen LogP contribution in [0.4, 0.5) is 11.4 Å². The maximum atomic E-state index is 11.2. The van der Waals surface area contributed by atoms with Gasteiger partial charge in [-0.25, -0.2) is 0 Å².